The van der Waals surface area contributed by atoms with Gasteiger partial charge >= 0.3 is 5.92 Å². The number of hydrogen-bond acceptors (Lipinski definition) is 4. The van der Waals surface area contributed by atoms with Crippen molar-refractivity contribution in [2.75, 3.05) is 0 Å². The van der Waals surface area contributed by atoms with E-state index in [-0.39, 0.29) is 22.6 Å². The molecular weight excluding hydrogens is 367 g/mol. The quantitative estimate of drug-likeness (QED) is 0.598. The van der Waals surface area contributed by atoms with E-state index in [0.717, 1.165) is 26.0 Å². The second-order valence-electron chi connectivity index (χ2n) is 6.62. The first kappa shape index (κ1) is 17.4. The average molecular weight is 378 g/mol. The van der Waals surface area contributed by atoms with Crippen molar-refractivity contribution in [3.63, 3.8) is 0 Å². The predicted octanol–water partition coefficient (Wildman–Crippen LogP) is 4.16. The normalized spacial score (nSPS) is 17.5. The van der Waals surface area contributed by atoms with Crippen LogP contribution in [0.25, 0.3) is 11.0 Å². The Morgan fingerprint density at radius 2 is 1.63 bits per heavy atom. The first-order valence-corrected chi connectivity index (χ1v) is 7.89. The van der Waals surface area contributed by atoms with Crippen LogP contribution in [0.5, 0.6) is 0 Å². The lowest BCUT2D eigenvalue weighted by molar-refractivity contribution is -0.0710. The summed E-state index contributed by atoms with van der Waals surface area (Å²) in [6.45, 7) is 2.32. The van der Waals surface area contributed by atoms with Gasteiger partial charge in [-0.2, -0.15) is 8.78 Å². The monoisotopic (exact) mass is 378 g/mol. The van der Waals surface area contributed by atoms with E-state index in [1.807, 2.05) is 0 Å². The van der Waals surface area contributed by atoms with Gasteiger partial charge in [0.05, 0.1) is 11.1 Å². The maximum atomic E-state index is 14.8. The minimum atomic E-state index is -3.57. The number of nitrogens with zero attached hydrogens (tertiary/aromatic N) is 4. The molecule has 2 aromatic carbocycles. The van der Waals surface area contributed by atoms with Crippen LogP contribution in [0.2, 0.25) is 0 Å². The van der Waals surface area contributed by atoms with Crippen molar-refractivity contribution in [1.29, 1.82) is 0 Å². The van der Waals surface area contributed by atoms with Gasteiger partial charge < -0.3 is 0 Å². The van der Waals surface area contributed by atoms with Gasteiger partial charge in [0.15, 0.2) is 17.2 Å². The van der Waals surface area contributed by atoms with E-state index in [2.05, 4.69) is 20.2 Å². The van der Waals surface area contributed by atoms with Gasteiger partial charge in [-0.05, 0) is 32.0 Å². The lowest BCUT2D eigenvalue weighted by Crippen LogP contribution is -2.45. The average Bonchev–Trinajstić information content (AvgIpc) is 2.61. The fourth-order valence-electron chi connectivity index (χ4n) is 2.98. The van der Waals surface area contributed by atoms with E-state index in [9.17, 15) is 22.0 Å². The molecule has 0 spiro atoms. The van der Waals surface area contributed by atoms with Crippen LogP contribution in [0.1, 0.15) is 30.8 Å². The van der Waals surface area contributed by atoms with Gasteiger partial charge in [-0.3, -0.25) is 4.99 Å². The Kier molecular flexibility index (Phi) is 3.56. The van der Waals surface area contributed by atoms with Crippen molar-refractivity contribution in [2.24, 2.45) is 4.99 Å². The summed E-state index contributed by atoms with van der Waals surface area (Å²) in [6.07, 6.45) is 0. The summed E-state index contributed by atoms with van der Waals surface area (Å²) in [5, 5.41) is 7.32. The topological polar surface area (TPSA) is 51.0 Å². The zero-order valence-electron chi connectivity index (χ0n) is 14.1. The number of alkyl halides is 2. The van der Waals surface area contributed by atoms with E-state index in [4.69, 9.17) is 0 Å². The SMILES string of the molecule is CC1(C)N=C(c2nnc3c(F)c(F)ccc3n2)c2cccc(F)c2C1(F)F. The minimum absolute atomic E-state index is 0.0327. The van der Waals surface area contributed by atoms with E-state index in [1.165, 1.54) is 18.2 Å². The minimum Gasteiger partial charge on any atom is -0.268 e. The van der Waals surface area contributed by atoms with Crippen molar-refractivity contribution >= 4 is 16.7 Å². The van der Waals surface area contributed by atoms with Crippen LogP contribution in [0.15, 0.2) is 35.3 Å². The number of aromatic nitrogens is 3. The van der Waals surface area contributed by atoms with Crippen LogP contribution in [-0.2, 0) is 5.92 Å². The predicted molar refractivity (Wildman–Crippen MR) is 87.3 cm³/mol. The number of rotatable bonds is 1. The lowest BCUT2D eigenvalue weighted by Gasteiger charge is -2.36. The van der Waals surface area contributed by atoms with Crippen molar-refractivity contribution in [1.82, 2.24) is 15.2 Å². The van der Waals surface area contributed by atoms with Crippen molar-refractivity contribution in [2.45, 2.75) is 25.3 Å². The Hall–Kier alpha value is -2.97. The number of benzene rings is 2. The highest BCUT2D eigenvalue weighted by Gasteiger charge is 2.54. The summed E-state index contributed by atoms with van der Waals surface area (Å²) in [5.41, 5.74) is -3.50. The molecule has 1 aliphatic rings. The van der Waals surface area contributed by atoms with Crippen molar-refractivity contribution < 1.29 is 22.0 Å². The number of halogens is 5. The van der Waals surface area contributed by atoms with E-state index in [1.54, 1.807) is 0 Å². The van der Waals surface area contributed by atoms with Gasteiger partial charge in [-0.25, -0.2) is 18.2 Å². The summed E-state index contributed by atoms with van der Waals surface area (Å²) in [6, 6.07) is 5.52. The zero-order chi connectivity index (χ0) is 19.6. The van der Waals surface area contributed by atoms with Crippen LogP contribution in [0.4, 0.5) is 22.0 Å². The van der Waals surface area contributed by atoms with E-state index in [0.29, 0.717) is 0 Å². The van der Waals surface area contributed by atoms with Crippen molar-refractivity contribution in [3.8, 4) is 0 Å². The highest BCUT2D eigenvalue weighted by atomic mass is 19.3. The zero-order valence-corrected chi connectivity index (χ0v) is 14.1. The molecule has 27 heavy (non-hydrogen) atoms. The molecule has 0 radical (unpaired) electrons. The Morgan fingerprint density at radius 3 is 2.37 bits per heavy atom. The summed E-state index contributed by atoms with van der Waals surface area (Å²) in [4.78, 5) is 8.10. The molecule has 0 N–H and O–H groups in total. The summed E-state index contributed by atoms with van der Waals surface area (Å²) >= 11 is 0. The van der Waals surface area contributed by atoms with E-state index < -0.39 is 40.0 Å². The van der Waals surface area contributed by atoms with Crippen LogP contribution < -0.4 is 0 Å². The molecule has 0 fully saturated rings. The fourth-order valence-corrected chi connectivity index (χ4v) is 2.98. The van der Waals surface area contributed by atoms with Gasteiger partial charge in [-0.1, -0.05) is 12.1 Å². The van der Waals surface area contributed by atoms with E-state index >= 15 is 0 Å². The Morgan fingerprint density at radius 1 is 0.889 bits per heavy atom. The summed E-state index contributed by atoms with van der Waals surface area (Å²) in [5.74, 6) is -7.18. The smallest absolute Gasteiger partial charge is 0.268 e. The molecule has 1 aliphatic heterocycles. The molecule has 9 heteroatoms. The van der Waals surface area contributed by atoms with Gasteiger partial charge in [0.1, 0.15) is 17.1 Å². The van der Waals surface area contributed by atoms with Gasteiger partial charge in [0.2, 0.25) is 5.82 Å². The summed E-state index contributed by atoms with van der Waals surface area (Å²) < 4.78 is 70.9. The largest absolute Gasteiger partial charge is 0.300 e. The van der Waals surface area contributed by atoms with Gasteiger partial charge in [0.25, 0.3) is 0 Å². The molecule has 0 amide bonds. The van der Waals surface area contributed by atoms with Crippen LogP contribution >= 0.6 is 0 Å². The fraction of sp³-hybridized carbons (Fsp3) is 0.222. The van der Waals surface area contributed by atoms with Gasteiger partial charge in [0, 0.05) is 5.56 Å². The molecule has 0 saturated carbocycles. The number of hydrogen-bond donors (Lipinski definition) is 0. The van der Waals surface area contributed by atoms with Crippen LogP contribution in [-0.4, -0.2) is 26.4 Å². The first-order chi connectivity index (χ1) is 12.6. The third-order valence-corrected chi connectivity index (χ3v) is 4.47. The Bertz CT molecular complexity index is 1120. The molecule has 138 valence electrons. The Labute approximate surface area is 149 Å². The third kappa shape index (κ3) is 2.41. The molecule has 4 rings (SSSR count). The van der Waals surface area contributed by atoms with Gasteiger partial charge in [-0.15, -0.1) is 10.2 Å². The molecule has 0 saturated heterocycles. The first-order valence-electron chi connectivity index (χ1n) is 7.89. The highest BCUT2D eigenvalue weighted by Crippen LogP contribution is 2.47. The highest BCUT2D eigenvalue weighted by molar-refractivity contribution is 6.13. The molecular formula is C18H11F5N4. The third-order valence-electron chi connectivity index (χ3n) is 4.47. The maximum Gasteiger partial charge on any atom is 0.300 e. The molecule has 0 unspecified atom stereocenters. The molecule has 0 atom stereocenters. The number of aliphatic imine (C=N–C) groups is 1. The van der Waals surface area contributed by atoms with Crippen molar-refractivity contribution in [3.05, 3.63) is 64.7 Å². The Balaban J connectivity index is 1.99. The number of fused-ring (bicyclic) bond motifs is 2. The standard InChI is InChI=1S/C18H11F5N4/c1-17(2)18(22,23)12-8(4-3-5-9(12)19)14(25-17)16-24-11-7-6-10(20)13(21)15(11)26-27-16/h3-7H,1-2H3. The molecule has 0 aliphatic carbocycles. The second-order valence-corrected chi connectivity index (χ2v) is 6.62. The molecule has 3 aromatic rings. The summed E-state index contributed by atoms with van der Waals surface area (Å²) in [7, 11) is 0. The molecule has 1 aromatic heterocycles. The van der Waals surface area contributed by atoms with Crippen LogP contribution in [0, 0.1) is 17.5 Å². The maximum absolute atomic E-state index is 14.8. The second kappa shape index (κ2) is 5.51. The molecule has 0 bridgehead atoms. The molecule has 2 heterocycles. The lowest BCUT2D eigenvalue weighted by atomic mass is 9.82. The van der Waals surface area contributed by atoms with Crippen LogP contribution in [0.3, 0.4) is 0 Å². The molecule has 4 nitrogen and oxygen atoms in total.